The lowest BCUT2D eigenvalue weighted by Gasteiger charge is -2.32. The summed E-state index contributed by atoms with van der Waals surface area (Å²) in [6, 6.07) is 8.44. The number of nitrogens with zero attached hydrogens (tertiary/aromatic N) is 2. The second-order valence-electron chi connectivity index (χ2n) is 7.46. The molecule has 2 amide bonds. The number of likely N-dealkylation sites (tertiary alicyclic amines) is 1. The number of carbonyl (C=O) groups excluding carboxylic acids is 2. The van der Waals surface area contributed by atoms with Crippen molar-refractivity contribution in [3.8, 4) is 0 Å². The Morgan fingerprint density at radius 1 is 1.27 bits per heavy atom. The zero-order chi connectivity index (χ0) is 19.1. The maximum atomic E-state index is 12.4. The first-order chi connectivity index (χ1) is 12.4. The van der Waals surface area contributed by atoms with Crippen LogP contribution in [0.3, 0.4) is 0 Å². The first-order valence-corrected chi connectivity index (χ1v) is 9.80. The minimum Gasteiger partial charge on any atom is -0.370 e. The summed E-state index contributed by atoms with van der Waals surface area (Å²) in [6.45, 7) is 11.8. The number of hydrogen-bond donors (Lipinski definition) is 1. The van der Waals surface area contributed by atoms with E-state index in [1.54, 1.807) is 0 Å². The number of rotatable bonds is 7. The van der Waals surface area contributed by atoms with E-state index in [2.05, 4.69) is 48.3 Å². The molecule has 0 unspecified atom stereocenters. The van der Waals surface area contributed by atoms with Gasteiger partial charge in [-0.3, -0.25) is 9.59 Å². The average molecular weight is 360 g/mol. The first kappa shape index (κ1) is 20.3. The Bertz CT molecular complexity index is 607. The summed E-state index contributed by atoms with van der Waals surface area (Å²) in [6.07, 6.45) is 1.53. The molecule has 1 N–H and O–H groups in total. The van der Waals surface area contributed by atoms with Crippen molar-refractivity contribution in [2.24, 2.45) is 11.8 Å². The number of hydrogen-bond acceptors (Lipinski definition) is 3. The summed E-state index contributed by atoms with van der Waals surface area (Å²) in [5.74, 6) is 0.379. The third-order valence-electron chi connectivity index (χ3n) is 5.10. The van der Waals surface area contributed by atoms with Crippen LogP contribution in [0.1, 0.15) is 39.2 Å². The largest absolute Gasteiger partial charge is 0.370 e. The van der Waals surface area contributed by atoms with Crippen LogP contribution in [0.15, 0.2) is 24.3 Å². The Hall–Kier alpha value is -2.04. The highest BCUT2D eigenvalue weighted by atomic mass is 16.2. The van der Waals surface area contributed by atoms with Crippen LogP contribution < -0.4 is 10.2 Å². The van der Waals surface area contributed by atoms with Crippen LogP contribution >= 0.6 is 0 Å². The molecule has 5 nitrogen and oxygen atoms in total. The summed E-state index contributed by atoms with van der Waals surface area (Å²) in [4.78, 5) is 28.6. The smallest absolute Gasteiger partial charge is 0.225 e. The second kappa shape index (κ2) is 9.60. The van der Waals surface area contributed by atoms with E-state index in [-0.39, 0.29) is 23.7 Å². The summed E-state index contributed by atoms with van der Waals surface area (Å²) < 4.78 is 0. The molecule has 1 aliphatic rings. The fourth-order valence-electron chi connectivity index (χ4n) is 3.48. The molecule has 1 fully saturated rings. The third kappa shape index (κ3) is 5.48. The zero-order valence-electron chi connectivity index (χ0n) is 16.6. The summed E-state index contributed by atoms with van der Waals surface area (Å²) in [7, 11) is 0. The average Bonchev–Trinajstić information content (AvgIpc) is 2.64. The van der Waals surface area contributed by atoms with Gasteiger partial charge in [0.15, 0.2) is 0 Å². The molecule has 26 heavy (non-hydrogen) atoms. The van der Waals surface area contributed by atoms with Crippen LogP contribution in [0.5, 0.6) is 0 Å². The second-order valence-corrected chi connectivity index (χ2v) is 7.46. The van der Waals surface area contributed by atoms with Crippen molar-refractivity contribution in [2.75, 3.05) is 37.6 Å². The summed E-state index contributed by atoms with van der Waals surface area (Å²) in [5, 5.41) is 3.08. The van der Waals surface area contributed by atoms with Crippen molar-refractivity contribution in [2.45, 2.75) is 40.5 Å². The van der Waals surface area contributed by atoms with Gasteiger partial charge in [0.25, 0.3) is 0 Å². The highest BCUT2D eigenvalue weighted by Crippen LogP contribution is 2.19. The number of benzene rings is 1. The van der Waals surface area contributed by atoms with Gasteiger partial charge < -0.3 is 15.1 Å². The SMILES string of the molecule is CCN(CCNC(=O)C1CCN(C(=O)C(C)C)CC1)c1cccc(C)c1. The van der Waals surface area contributed by atoms with Crippen LogP contribution in [0.4, 0.5) is 5.69 Å². The molecular weight excluding hydrogens is 326 g/mol. The van der Waals surface area contributed by atoms with Crippen molar-refractivity contribution in [1.29, 1.82) is 0 Å². The van der Waals surface area contributed by atoms with Gasteiger partial charge in [-0.2, -0.15) is 0 Å². The van der Waals surface area contributed by atoms with Gasteiger partial charge in [-0.15, -0.1) is 0 Å². The lowest BCUT2D eigenvalue weighted by molar-refractivity contribution is -0.138. The Morgan fingerprint density at radius 2 is 1.96 bits per heavy atom. The Kier molecular flexibility index (Phi) is 7.49. The highest BCUT2D eigenvalue weighted by molar-refractivity contribution is 5.80. The Morgan fingerprint density at radius 3 is 2.54 bits per heavy atom. The molecule has 0 saturated carbocycles. The topological polar surface area (TPSA) is 52.7 Å². The number of nitrogens with one attached hydrogen (secondary N) is 1. The zero-order valence-corrected chi connectivity index (χ0v) is 16.6. The van der Waals surface area contributed by atoms with Gasteiger partial charge in [-0.25, -0.2) is 0 Å². The molecule has 1 saturated heterocycles. The molecule has 2 rings (SSSR count). The molecule has 1 aromatic carbocycles. The molecule has 1 aromatic rings. The monoisotopic (exact) mass is 359 g/mol. The van der Waals surface area contributed by atoms with E-state index in [4.69, 9.17) is 0 Å². The van der Waals surface area contributed by atoms with Crippen LogP contribution in [-0.2, 0) is 9.59 Å². The highest BCUT2D eigenvalue weighted by Gasteiger charge is 2.28. The van der Waals surface area contributed by atoms with E-state index in [0.717, 1.165) is 25.9 Å². The van der Waals surface area contributed by atoms with Crippen molar-refractivity contribution in [3.63, 3.8) is 0 Å². The molecule has 0 radical (unpaired) electrons. The predicted octanol–water partition coefficient (Wildman–Crippen LogP) is 2.83. The molecular formula is C21H33N3O2. The predicted molar refractivity (Wildman–Crippen MR) is 106 cm³/mol. The van der Waals surface area contributed by atoms with Crippen LogP contribution in [0.25, 0.3) is 0 Å². The van der Waals surface area contributed by atoms with E-state index in [9.17, 15) is 9.59 Å². The summed E-state index contributed by atoms with van der Waals surface area (Å²) in [5.41, 5.74) is 2.44. The molecule has 144 valence electrons. The maximum absolute atomic E-state index is 12.4. The van der Waals surface area contributed by atoms with Gasteiger partial charge in [0.05, 0.1) is 0 Å². The van der Waals surface area contributed by atoms with E-state index in [0.29, 0.717) is 19.6 Å². The van der Waals surface area contributed by atoms with Crippen LogP contribution in [0.2, 0.25) is 0 Å². The standard InChI is InChI=1S/C21H33N3O2/c1-5-23(19-8-6-7-17(4)15-19)14-11-22-20(25)18-9-12-24(13-10-18)21(26)16(2)3/h6-8,15-16,18H,5,9-14H2,1-4H3,(H,22,25). The third-order valence-corrected chi connectivity index (χ3v) is 5.10. The molecule has 1 heterocycles. The van der Waals surface area contributed by atoms with E-state index < -0.39 is 0 Å². The van der Waals surface area contributed by atoms with Crippen molar-refractivity contribution < 1.29 is 9.59 Å². The van der Waals surface area contributed by atoms with E-state index in [1.807, 2.05) is 18.7 Å². The van der Waals surface area contributed by atoms with Crippen molar-refractivity contribution in [1.82, 2.24) is 10.2 Å². The van der Waals surface area contributed by atoms with Gasteiger partial charge in [0.1, 0.15) is 0 Å². The summed E-state index contributed by atoms with van der Waals surface area (Å²) >= 11 is 0. The number of anilines is 1. The number of aryl methyl sites for hydroxylation is 1. The van der Waals surface area contributed by atoms with Crippen LogP contribution in [-0.4, -0.2) is 49.4 Å². The lowest BCUT2D eigenvalue weighted by Crippen LogP contribution is -2.45. The van der Waals surface area contributed by atoms with Gasteiger partial charge in [0, 0.05) is 50.2 Å². The van der Waals surface area contributed by atoms with E-state index in [1.165, 1.54) is 11.3 Å². The minimum absolute atomic E-state index is 0.0280. The number of likely N-dealkylation sites (N-methyl/N-ethyl adjacent to an activating group) is 1. The quantitative estimate of drug-likeness (QED) is 0.814. The van der Waals surface area contributed by atoms with Crippen molar-refractivity contribution in [3.05, 3.63) is 29.8 Å². The fraction of sp³-hybridized carbons (Fsp3) is 0.619. The fourth-order valence-corrected chi connectivity index (χ4v) is 3.48. The number of piperidine rings is 1. The molecule has 0 aromatic heterocycles. The maximum Gasteiger partial charge on any atom is 0.225 e. The molecule has 0 spiro atoms. The normalized spacial score (nSPS) is 15.2. The van der Waals surface area contributed by atoms with Crippen LogP contribution in [0, 0.1) is 18.8 Å². The molecule has 5 heteroatoms. The Labute approximate surface area is 157 Å². The number of carbonyl (C=O) groups is 2. The van der Waals surface area contributed by atoms with E-state index >= 15 is 0 Å². The Balaban J connectivity index is 1.76. The van der Waals surface area contributed by atoms with Crippen molar-refractivity contribution >= 4 is 17.5 Å². The lowest BCUT2D eigenvalue weighted by atomic mass is 9.95. The molecule has 1 aliphatic heterocycles. The molecule has 0 bridgehead atoms. The molecule has 0 atom stereocenters. The first-order valence-electron chi connectivity index (χ1n) is 9.80. The van der Waals surface area contributed by atoms with Gasteiger partial charge in [-0.1, -0.05) is 26.0 Å². The van der Waals surface area contributed by atoms with Gasteiger partial charge in [-0.05, 0) is 44.4 Å². The minimum atomic E-state index is 0.0280. The van der Waals surface area contributed by atoms with Gasteiger partial charge >= 0.3 is 0 Å². The molecule has 0 aliphatic carbocycles. The number of amides is 2. The van der Waals surface area contributed by atoms with Gasteiger partial charge in [0.2, 0.25) is 11.8 Å².